The Labute approximate surface area is 138 Å². The third-order valence-electron chi connectivity index (χ3n) is 3.80. The molecule has 126 valence electrons. The van der Waals surface area contributed by atoms with E-state index in [-0.39, 0.29) is 6.10 Å². The van der Waals surface area contributed by atoms with Gasteiger partial charge in [-0.1, -0.05) is 12.1 Å². The van der Waals surface area contributed by atoms with Gasteiger partial charge in [-0.3, -0.25) is 0 Å². The molecular weight excluding hydrogens is 316 g/mol. The van der Waals surface area contributed by atoms with Crippen molar-refractivity contribution in [2.45, 2.75) is 19.4 Å². The van der Waals surface area contributed by atoms with Crippen molar-refractivity contribution in [3.63, 3.8) is 0 Å². The first-order valence-corrected chi connectivity index (χ1v) is 7.62. The van der Waals surface area contributed by atoms with Crippen LogP contribution in [-0.4, -0.2) is 35.1 Å². The number of likely N-dealkylation sites (tertiary alicyclic amines) is 1. The van der Waals surface area contributed by atoms with E-state index in [2.05, 4.69) is 10.3 Å². The van der Waals surface area contributed by atoms with Crippen LogP contribution in [0.5, 0.6) is 5.88 Å². The van der Waals surface area contributed by atoms with E-state index in [0.717, 1.165) is 17.7 Å². The summed E-state index contributed by atoms with van der Waals surface area (Å²) in [5.41, 5.74) is 0.591. The van der Waals surface area contributed by atoms with Crippen molar-refractivity contribution in [2.24, 2.45) is 0 Å². The molecule has 2 heterocycles. The third kappa shape index (κ3) is 3.61. The monoisotopic (exact) mass is 333 g/mol. The molecule has 0 bridgehead atoms. The van der Waals surface area contributed by atoms with E-state index < -0.39 is 23.4 Å². The van der Waals surface area contributed by atoms with Gasteiger partial charge in [-0.15, -0.1) is 0 Å². The van der Waals surface area contributed by atoms with Crippen molar-refractivity contribution >= 4 is 11.7 Å². The summed E-state index contributed by atoms with van der Waals surface area (Å²) in [6.07, 6.45) is 2.13. The molecule has 1 N–H and O–H groups in total. The standard InChI is InChI=1S/C17H17F2N3O2/c1-11-5-6-15(20-9-11)24-12-7-8-22(10-12)17(23)21-16-13(18)3-2-4-14(16)19/h2-6,9,12H,7-8,10H2,1H3,(H,21,23). The third-order valence-corrected chi connectivity index (χ3v) is 3.80. The molecule has 2 aromatic rings. The smallest absolute Gasteiger partial charge is 0.322 e. The van der Waals surface area contributed by atoms with Crippen LogP contribution in [0.4, 0.5) is 19.3 Å². The Balaban J connectivity index is 1.59. The lowest BCUT2D eigenvalue weighted by atomic mass is 10.3. The Morgan fingerprint density at radius 1 is 1.29 bits per heavy atom. The number of para-hydroxylation sites is 1. The van der Waals surface area contributed by atoms with Crippen LogP contribution < -0.4 is 10.1 Å². The lowest BCUT2D eigenvalue weighted by molar-refractivity contribution is 0.190. The molecule has 1 fully saturated rings. The number of carbonyl (C=O) groups is 1. The predicted molar refractivity (Wildman–Crippen MR) is 85.0 cm³/mol. The quantitative estimate of drug-likeness (QED) is 0.937. The number of carbonyl (C=O) groups excluding carboxylic acids is 1. The Hall–Kier alpha value is -2.70. The van der Waals surface area contributed by atoms with Gasteiger partial charge in [-0.2, -0.15) is 0 Å². The minimum absolute atomic E-state index is 0.198. The van der Waals surface area contributed by atoms with Crippen LogP contribution in [0.3, 0.4) is 0 Å². The number of anilines is 1. The number of hydrogen-bond donors (Lipinski definition) is 1. The van der Waals surface area contributed by atoms with Crippen molar-refractivity contribution in [1.82, 2.24) is 9.88 Å². The highest BCUT2D eigenvalue weighted by Crippen LogP contribution is 2.21. The minimum Gasteiger partial charge on any atom is -0.472 e. The molecule has 3 rings (SSSR count). The number of urea groups is 1. The zero-order valence-electron chi connectivity index (χ0n) is 13.1. The van der Waals surface area contributed by atoms with Gasteiger partial charge in [0, 0.05) is 25.2 Å². The molecule has 1 atom stereocenters. The highest BCUT2D eigenvalue weighted by Gasteiger charge is 2.28. The van der Waals surface area contributed by atoms with E-state index in [0.29, 0.717) is 25.4 Å². The molecule has 1 aliphatic heterocycles. The molecule has 1 aromatic heterocycles. The minimum atomic E-state index is -0.806. The van der Waals surface area contributed by atoms with Gasteiger partial charge in [0.2, 0.25) is 5.88 Å². The predicted octanol–water partition coefficient (Wildman–Crippen LogP) is 3.35. The fourth-order valence-corrected chi connectivity index (χ4v) is 2.51. The summed E-state index contributed by atoms with van der Waals surface area (Å²) < 4.78 is 32.9. The van der Waals surface area contributed by atoms with E-state index in [1.165, 1.54) is 11.0 Å². The number of hydrogen-bond acceptors (Lipinski definition) is 3. The largest absolute Gasteiger partial charge is 0.472 e. The average molecular weight is 333 g/mol. The van der Waals surface area contributed by atoms with Gasteiger partial charge in [0.05, 0.1) is 6.54 Å². The van der Waals surface area contributed by atoms with Crippen molar-refractivity contribution in [2.75, 3.05) is 18.4 Å². The fraction of sp³-hybridized carbons (Fsp3) is 0.294. The van der Waals surface area contributed by atoms with Crippen LogP contribution in [-0.2, 0) is 0 Å². The van der Waals surface area contributed by atoms with Gasteiger partial charge in [0.1, 0.15) is 23.4 Å². The molecule has 0 saturated carbocycles. The second kappa shape index (κ2) is 6.82. The number of aryl methyl sites for hydroxylation is 1. The summed E-state index contributed by atoms with van der Waals surface area (Å²) in [6.45, 7) is 2.70. The Morgan fingerprint density at radius 3 is 2.71 bits per heavy atom. The lowest BCUT2D eigenvalue weighted by Crippen LogP contribution is -2.35. The van der Waals surface area contributed by atoms with Crippen LogP contribution in [0.15, 0.2) is 36.5 Å². The van der Waals surface area contributed by atoms with Gasteiger partial charge in [-0.25, -0.2) is 18.6 Å². The number of benzene rings is 1. The second-order valence-electron chi connectivity index (χ2n) is 5.68. The molecule has 2 amide bonds. The normalized spacial score (nSPS) is 17.0. The van der Waals surface area contributed by atoms with Gasteiger partial charge in [0.25, 0.3) is 0 Å². The molecule has 1 aromatic carbocycles. The zero-order valence-corrected chi connectivity index (χ0v) is 13.1. The summed E-state index contributed by atoms with van der Waals surface area (Å²) in [7, 11) is 0. The molecule has 24 heavy (non-hydrogen) atoms. The molecule has 0 spiro atoms. The van der Waals surface area contributed by atoms with Gasteiger partial charge >= 0.3 is 6.03 Å². The number of ether oxygens (including phenoxy) is 1. The summed E-state index contributed by atoms with van der Waals surface area (Å²) in [5, 5.41) is 2.28. The van der Waals surface area contributed by atoms with E-state index in [1.807, 2.05) is 13.0 Å². The first-order valence-electron chi connectivity index (χ1n) is 7.62. The highest BCUT2D eigenvalue weighted by atomic mass is 19.1. The first kappa shape index (κ1) is 16.2. The maximum Gasteiger partial charge on any atom is 0.322 e. The topological polar surface area (TPSA) is 54.5 Å². The molecule has 0 radical (unpaired) electrons. The van der Waals surface area contributed by atoms with Crippen molar-refractivity contribution < 1.29 is 18.3 Å². The number of amides is 2. The molecular formula is C17H17F2N3O2. The van der Waals surface area contributed by atoms with Crippen molar-refractivity contribution in [3.05, 3.63) is 53.7 Å². The van der Waals surface area contributed by atoms with Crippen molar-refractivity contribution in [3.8, 4) is 5.88 Å². The zero-order chi connectivity index (χ0) is 17.1. The van der Waals surface area contributed by atoms with Crippen LogP contribution in [0.2, 0.25) is 0 Å². The van der Waals surface area contributed by atoms with Crippen LogP contribution in [0.25, 0.3) is 0 Å². The second-order valence-corrected chi connectivity index (χ2v) is 5.68. The van der Waals surface area contributed by atoms with E-state index in [9.17, 15) is 13.6 Å². The van der Waals surface area contributed by atoms with Crippen LogP contribution in [0, 0.1) is 18.6 Å². The van der Waals surface area contributed by atoms with Gasteiger partial charge in [0.15, 0.2) is 0 Å². The number of halogens is 2. The molecule has 0 aliphatic carbocycles. The van der Waals surface area contributed by atoms with E-state index in [4.69, 9.17) is 4.74 Å². The maximum atomic E-state index is 13.6. The number of pyridine rings is 1. The first-order chi connectivity index (χ1) is 11.5. The summed E-state index contributed by atoms with van der Waals surface area (Å²) in [5.74, 6) is -1.12. The van der Waals surface area contributed by atoms with Crippen molar-refractivity contribution in [1.29, 1.82) is 0 Å². The average Bonchev–Trinajstić information content (AvgIpc) is 3.02. The van der Waals surface area contributed by atoms with Gasteiger partial charge in [-0.05, 0) is 24.6 Å². The van der Waals surface area contributed by atoms with Crippen LogP contribution in [0.1, 0.15) is 12.0 Å². The summed E-state index contributed by atoms with van der Waals surface area (Å²) >= 11 is 0. The number of aromatic nitrogens is 1. The number of rotatable bonds is 3. The van der Waals surface area contributed by atoms with E-state index >= 15 is 0 Å². The summed E-state index contributed by atoms with van der Waals surface area (Å²) in [6, 6.07) is 6.54. The Morgan fingerprint density at radius 2 is 2.04 bits per heavy atom. The highest BCUT2D eigenvalue weighted by molar-refractivity contribution is 5.89. The Bertz CT molecular complexity index is 717. The SMILES string of the molecule is Cc1ccc(OC2CCN(C(=O)Nc3c(F)cccc3F)C2)nc1. The van der Waals surface area contributed by atoms with Crippen LogP contribution >= 0.6 is 0 Å². The molecule has 1 saturated heterocycles. The Kier molecular flexibility index (Phi) is 4.59. The summed E-state index contributed by atoms with van der Waals surface area (Å²) in [4.78, 5) is 17.8. The van der Waals surface area contributed by atoms with E-state index in [1.54, 1.807) is 12.3 Å². The maximum absolute atomic E-state index is 13.6. The molecule has 5 nitrogen and oxygen atoms in total. The fourth-order valence-electron chi connectivity index (χ4n) is 2.51. The lowest BCUT2D eigenvalue weighted by Gasteiger charge is -2.18. The molecule has 1 unspecified atom stereocenters. The molecule has 1 aliphatic rings. The number of nitrogens with one attached hydrogen (secondary N) is 1. The number of nitrogens with zero attached hydrogens (tertiary/aromatic N) is 2. The molecule has 7 heteroatoms. The van der Waals surface area contributed by atoms with Gasteiger partial charge < -0.3 is 15.0 Å².